The Morgan fingerprint density at radius 2 is 1.63 bits per heavy atom. The molecule has 0 aromatic heterocycles. The van der Waals surface area contributed by atoms with Crippen LogP contribution in [0.2, 0.25) is 0 Å². The fraction of sp³-hybridized carbons (Fsp3) is 1.00. The summed E-state index contributed by atoms with van der Waals surface area (Å²) in [5, 5.41) is 3.68. The Balaban J connectivity index is 4.35. The van der Waals surface area contributed by atoms with Crippen molar-refractivity contribution in [2.24, 2.45) is 5.41 Å². The predicted molar refractivity (Wildman–Crippen MR) is 84.8 cm³/mol. The van der Waals surface area contributed by atoms with Gasteiger partial charge in [-0.15, -0.1) is 0 Å². The first-order valence-electron chi connectivity index (χ1n) is 7.80. The highest BCUT2D eigenvalue weighted by atomic mass is 16.5. The third-order valence-electron chi connectivity index (χ3n) is 3.92. The molecule has 0 atom stereocenters. The molecule has 0 aliphatic heterocycles. The van der Waals surface area contributed by atoms with Crippen molar-refractivity contribution in [3.8, 4) is 0 Å². The Hall–Kier alpha value is -0.120. The summed E-state index contributed by atoms with van der Waals surface area (Å²) in [6.07, 6.45) is 2.43. The molecule has 3 nitrogen and oxygen atoms in total. The van der Waals surface area contributed by atoms with Gasteiger partial charge < -0.3 is 15.0 Å². The molecule has 0 rings (SSSR count). The second-order valence-electron chi connectivity index (χ2n) is 6.75. The lowest BCUT2D eigenvalue weighted by molar-refractivity contribution is 0.0923. The summed E-state index contributed by atoms with van der Waals surface area (Å²) in [5.74, 6) is 0. The molecule has 1 N–H and O–H groups in total. The van der Waals surface area contributed by atoms with Crippen LogP contribution in [0.5, 0.6) is 0 Å². The van der Waals surface area contributed by atoms with Crippen LogP contribution in [0.4, 0.5) is 0 Å². The Bertz CT molecular complexity index is 219. The second kappa shape index (κ2) is 8.93. The lowest BCUT2D eigenvalue weighted by Gasteiger charge is -2.38. The Morgan fingerprint density at radius 1 is 1.05 bits per heavy atom. The van der Waals surface area contributed by atoms with E-state index in [-0.39, 0.29) is 5.54 Å². The van der Waals surface area contributed by atoms with E-state index < -0.39 is 0 Å². The standard InChI is InChI=1S/C16H36N2O/c1-8-16(9-2,13-17-15(4,5)6)14-18(7)11-12-19-10-3/h17H,8-14H2,1-7H3. The number of nitrogens with one attached hydrogen (secondary N) is 1. The fourth-order valence-electron chi connectivity index (χ4n) is 2.25. The summed E-state index contributed by atoms with van der Waals surface area (Å²) in [6.45, 7) is 18.3. The molecule has 0 radical (unpaired) electrons. The van der Waals surface area contributed by atoms with Gasteiger partial charge in [-0.05, 0) is 53.0 Å². The fourth-order valence-corrected chi connectivity index (χ4v) is 2.25. The number of hydrogen-bond donors (Lipinski definition) is 1. The maximum absolute atomic E-state index is 5.44. The van der Waals surface area contributed by atoms with Gasteiger partial charge in [0.2, 0.25) is 0 Å². The summed E-state index contributed by atoms with van der Waals surface area (Å²) < 4.78 is 5.44. The van der Waals surface area contributed by atoms with Gasteiger partial charge in [-0.25, -0.2) is 0 Å². The molecule has 0 aromatic carbocycles. The molecule has 0 unspecified atom stereocenters. The predicted octanol–water partition coefficient (Wildman–Crippen LogP) is 3.15. The highest BCUT2D eigenvalue weighted by Gasteiger charge is 2.29. The van der Waals surface area contributed by atoms with Gasteiger partial charge in [0.25, 0.3) is 0 Å². The van der Waals surface area contributed by atoms with Crippen LogP contribution in [-0.2, 0) is 4.74 Å². The minimum atomic E-state index is 0.194. The molecule has 116 valence electrons. The van der Waals surface area contributed by atoms with Crippen molar-refractivity contribution in [3.05, 3.63) is 0 Å². The molecular weight excluding hydrogens is 236 g/mol. The van der Waals surface area contributed by atoms with E-state index in [0.717, 1.165) is 32.8 Å². The summed E-state index contributed by atoms with van der Waals surface area (Å²) in [5.41, 5.74) is 0.563. The van der Waals surface area contributed by atoms with Crippen molar-refractivity contribution in [2.45, 2.75) is 59.9 Å². The SMILES string of the molecule is CCOCCN(C)CC(CC)(CC)CNC(C)(C)C. The smallest absolute Gasteiger partial charge is 0.0593 e. The highest BCUT2D eigenvalue weighted by molar-refractivity contribution is 4.85. The lowest BCUT2D eigenvalue weighted by Crippen LogP contribution is -2.48. The Morgan fingerprint density at radius 3 is 2.05 bits per heavy atom. The van der Waals surface area contributed by atoms with Gasteiger partial charge in [0.1, 0.15) is 0 Å². The van der Waals surface area contributed by atoms with Crippen molar-refractivity contribution in [1.82, 2.24) is 10.2 Å². The molecule has 19 heavy (non-hydrogen) atoms. The van der Waals surface area contributed by atoms with Crippen LogP contribution in [0, 0.1) is 5.41 Å². The summed E-state index contributed by atoms with van der Waals surface area (Å²) >= 11 is 0. The molecule has 0 saturated carbocycles. The van der Waals surface area contributed by atoms with E-state index >= 15 is 0 Å². The molecule has 0 aliphatic rings. The van der Waals surface area contributed by atoms with Crippen molar-refractivity contribution in [2.75, 3.05) is 39.9 Å². The van der Waals surface area contributed by atoms with E-state index in [4.69, 9.17) is 4.74 Å². The number of ether oxygens (including phenoxy) is 1. The van der Waals surface area contributed by atoms with Crippen molar-refractivity contribution in [3.63, 3.8) is 0 Å². The maximum Gasteiger partial charge on any atom is 0.0593 e. The van der Waals surface area contributed by atoms with Crippen LogP contribution in [-0.4, -0.2) is 50.3 Å². The van der Waals surface area contributed by atoms with Crippen LogP contribution >= 0.6 is 0 Å². The quantitative estimate of drug-likeness (QED) is 0.618. The van der Waals surface area contributed by atoms with Gasteiger partial charge in [-0.1, -0.05) is 13.8 Å². The van der Waals surface area contributed by atoms with Crippen LogP contribution in [0.3, 0.4) is 0 Å². The van der Waals surface area contributed by atoms with Gasteiger partial charge in [0.05, 0.1) is 6.61 Å². The average Bonchev–Trinajstić information content (AvgIpc) is 2.34. The largest absolute Gasteiger partial charge is 0.380 e. The maximum atomic E-state index is 5.44. The second-order valence-corrected chi connectivity index (χ2v) is 6.75. The first kappa shape index (κ1) is 18.9. The summed E-state index contributed by atoms with van der Waals surface area (Å²) in [6, 6.07) is 0. The molecule has 3 heteroatoms. The molecule has 0 bridgehead atoms. The molecule has 0 aromatic rings. The minimum Gasteiger partial charge on any atom is -0.380 e. The van der Waals surface area contributed by atoms with E-state index in [1.165, 1.54) is 12.8 Å². The molecule has 0 amide bonds. The molecule has 0 aliphatic carbocycles. The zero-order valence-corrected chi connectivity index (χ0v) is 14.3. The van der Waals surface area contributed by atoms with Crippen LogP contribution in [0.25, 0.3) is 0 Å². The van der Waals surface area contributed by atoms with Gasteiger partial charge in [-0.2, -0.15) is 0 Å². The zero-order valence-electron chi connectivity index (χ0n) is 14.3. The molecular formula is C16H36N2O. The van der Waals surface area contributed by atoms with Crippen molar-refractivity contribution < 1.29 is 4.74 Å². The van der Waals surface area contributed by atoms with Gasteiger partial charge in [-0.3, -0.25) is 0 Å². The van der Waals surface area contributed by atoms with E-state index in [0.29, 0.717) is 5.41 Å². The third kappa shape index (κ3) is 8.61. The number of hydrogen-bond acceptors (Lipinski definition) is 3. The van der Waals surface area contributed by atoms with E-state index in [9.17, 15) is 0 Å². The molecule has 0 saturated heterocycles. The number of rotatable bonds is 10. The van der Waals surface area contributed by atoms with Crippen molar-refractivity contribution in [1.29, 1.82) is 0 Å². The van der Waals surface area contributed by atoms with Gasteiger partial charge in [0, 0.05) is 31.8 Å². The Kier molecular flexibility index (Phi) is 8.88. The monoisotopic (exact) mass is 272 g/mol. The van der Waals surface area contributed by atoms with Crippen LogP contribution in [0.15, 0.2) is 0 Å². The first-order valence-corrected chi connectivity index (χ1v) is 7.80. The van der Waals surface area contributed by atoms with E-state index in [2.05, 4.69) is 58.8 Å². The molecule has 0 heterocycles. The third-order valence-corrected chi connectivity index (χ3v) is 3.92. The van der Waals surface area contributed by atoms with E-state index in [1.807, 2.05) is 0 Å². The Labute approximate surface area is 121 Å². The van der Waals surface area contributed by atoms with Crippen LogP contribution < -0.4 is 5.32 Å². The average molecular weight is 272 g/mol. The minimum absolute atomic E-state index is 0.194. The lowest BCUT2D eigenvalue weighted by atomic mass is 9.81. The highest BCUT2D eigenvalue weighted by Crippen LogP contribution is 2.27. The van der Waals surface area contributed by atoms with Crippen molar-refractivity contribution >= 4 is 0 Å². The molecule has 0 spiro atoms. The van der Waals surface area contributed by atoms with E-state index in [1.54, 1.807) is 0 Å². The zero-order chi connectivity index (χ0) is 14.9. The van der Waals surface area contributed by atoms with Gasteiger partial charge >= 0.3 is 0 Å². The number of likely N-dealkylation sites (N-methyl/N-ethyl adjacent to an activating group) is 1. The normalized spacial score (nSPS) is 13.3. The molecule has 0 fully saturated rings. The number of nitrogens with zero attached hydrogens (tertiary/aromatic N) is 1. The van der Waals surface area contributed by atoms with Gasteiger partial charge in [0.15, 0.2) is 0 Å². The van der Waals surface area contributed by atoms with Crippen LogP contribution in [0.1, 0.15) is 54.4 Å². The first-order chi connectivity index (χ1) is 8.78. The topological polar surface area (TPSA) is 24.5 Å². The summed E-state index contributed by atoms with van der Waals surface area (Å²) in [4.78, 5) is 2.41. The summed E-state index contributed by atoms with van der Waals surface area (Å²) in [7, 11) is 2.20.